The second-order valence-electron chi connectivity index (χ2n) is 6.28. The van der Waals surface area contributed by atoms with E-state index in [1.165, 1.54) is 0 Å². The number of nitrogens with zero attached hydrogens (tertiary/aromatic N) is 1. The van der Waals surface area contributed by atoms with Crippen molar-refractivity contribution in [1.29, 1.82) is 0 Å². The third-order valence-electron chi connectivity index (χ3n) is 4.69. The van der Waals surface area contributed by atoms with Gasteiger partial charge in [0.15, 0.2) is 0 Å². The van der Waals surface area contributed by atoms with Gasteiger partial charge < -0.3 is 10.2 Å². The largest absolute Gasteiger partial charge is 0.393 e. The number of hydrogen-bond acceptors (Lipinski definition) is 2. The molecule has 0 radical (unpaired) electrons. The molecule has 1 aliphatic carbocycles. The first-order valence-electron chi connectivity index (χ1n) is 8.43. The molecule has 0 bridgehead atoms. The van der Waals surface area contributed by atoms with Crippen LogP contribution in [0, 0.1) is 5.92 Å². The SMILES string of the molecule is CCN(CC)CCCC(C)NC1CCCCC1C(F)(F)F. The molecule has 1 saturated carbocycles. The lowest BCUT2D eigenvalue weighted by atomic mass is 9.83. The third-order valence-corrected chi connectivity index (χ3v) is 4.69. The minimum Gasteiger partial charge on any atom is -0.311 e. The Morgan fingerprint density at radius 1 is 1.14 bits per heavy atom. The van der Waals surface area contributed by atoms with Crippen molar-refractivity contribution in [1.82, 2.24) is 10.2 Å². The Morgan fingerprint density at radius 3 is 2.33 bits per heavy atom. The van der Waals surface area contributed by atoms with Crippen molar-refractivity contribution >= 4 is 0 Å². The Morgan fingerprint density at radius 2 is 1.76 bits per heavy atom. The molecular formula is C16H31F3N2. The maximum absolute atomic E-state index is 13.0. The molecule has 126 valence electrons. The highest BCUT2D eigenvalue weighted by Gasteiger charge is 2.45. The van der Waals surface area contributed by atoms with Crippen LogP contribution in [0.5, 0.6) is 0 Å². The van der Waals surface area contributed by atoms with E-state index >= 15 is 0 Å². The standard InChI is InChI=1S/C16H31F3N2/c1-4-21(5-2)12-8-9-13(3)20-15-11-7-6-10-14(15)16(17,18)19/h13-15,20H,4-12H2,1-3H3. The van der Waals surface area contributed by atoms with Crippen molar-refractivity contribution in [2.45, 2.75) is 77.6 Å². The van der Waals surface area contributed by atoms with Crippen LogP contribution in [-0.4, -0.2) is 42.8 Å². The van der Waals surface area contributed by atoms with Crippen LogP contribution in [0.1, 0.15) is 59.3 Å². The number of hydrogen-bond donors (Lipinski definition) is 1. The summed E-state index contributed by atoms with van der Waals surface area (Å²) in [4.78, 5) is 2.35. The quantitative estimate of drug-likeness (QED) is 0.722. The molecule has 21 heavy (non-hydrogen) atoms. The predicted molar refractivity (Wildman–Crippen MR) is 81.4 cm³/mol. The van der Waals surface area contributed by atoms with Gasteiger partial charge in [-0.15, -0.1) is 0 Å². The zero-order valence-electron chi connectivity index (χ0n) is 13.7. The van der Waals surface area contributed by atoms with Crippen LogP contribution in [0.2, 0.25) is 0 Å². The van der Waals surface area contributed by atoms with Gasteiger partial charge in [-0.3, -0.25) is 0 Å². The van der Waals surface area contributed by atoms with Gasteiger partial charge in [0.25, 0.3) is 0 Å². The Hall–Kier alpha value is -0.290. The van der Waals surface area contributed by atoms with Crippen molar-refractivity contribution < 1.29 is 13.2 Å². The van der Waals surface area contributed by atoms with Gasteiger partial charge in [0.1, 0.15) is 0 Å². The highest BCUT2D eigenvalue weighted by Crippen LogP contribution is 2.37. The molecule has 2 nitrogen and oxygen atoms in total. The summed E-state index contributed by atoms with van der Waals surface area (Å²) in [5, 5.41) is 3.25. The van der Waals surface area contributed by atoms with Crippen LogP contribution in [0.25, 0.3) is 0 Å². The number of halogens is 3. The van der Waals surface area contributed by atoms with Crippen LogP contribution in [0.4, 0.5) is 13.2 Å². The van der Waals surface area contributed by atoms with Gasteiger partial charge in [0.2, 0.25) is 0 Å². The van der Waals surface area contributed by atoms with Crippen LogP contribution >= 0.6 is 0 Å². The molecule has 0 amide bonds. The van der Waals surface area contributed by atoms with E-state index in [1.54, 1.807) is 0 Å². The summed E-state index contributed by atoms with van der Waals surface area (Å²) in [6.45, 7) is 9.41. The summed E-state index contributed by atoms with van der Waals surface area (Å²) in [5.41, 5.74) is 0. The lowest BCUT2D eigenvalue weighted by Gasteiger charge is -2.35. The molecule has 0 saturated heterocycles. The summed E-state index contributed by atoms with van der Waals surface area (Å²) in [6, 6.07) is -0.226. The predicted octanol–water partition coefficient (Wildman–Crippen LogP) is 4.21. The zero-order chi connectivity index (χ0) is 15.9. The smallest absolute Gasteiger partial charge is 0.311 e. The van der Waals surface area contributed by atoms with E-state index in [2.05, 4.69) is 24.1 Å². The van der Waals surface area contributed by atoms with Gasteiger partial charge in [-0.1, -0.05) is 26.7 Å². The van der Waals surface area contributed by atoms with Crippen LogP contribution < -0.4 is 5.32 Å². The molecule has 1 aliphatic rings. The second kappa shape index (κ2) is 8.99. The molecule has 0 aromatic heterocycles. The maximum Gasteiger partial charge on any atom is 0.393 e. The second-order valence-corrected chi connectivity index (χ2v) is 6.28. The first-order chi connectivity index (χ1) is 9.88. The maximum atomic E-state index is 13.0. The third kappa shape index (κ3) is 6.55. The van der Waals surface area contributed by atoms with Gasteiger partial charge in [-0.05, 0) is 52.2 Å². The fourth-order valence-electron chi connectivity index (χ4n) is 3.33. The lowest BCUT2D eigenvalue weighted by molar-refractivity contribution is -0.189. The molecule has 1 N–H and O–H groups in total. The first kappa shape index (κ1) is 18.8. The van der Waals surface area contributed by atoms with Crippen molar-refractivity contribution in [2.75, 3.05) is 19.6 Å². The van der Waals surface area contributed by atoms with E-state index < -0.39 is 12.1 Å². The number of alkyl halides is 3. The van der Waals surface area contributed by atoms with E-state index in [4.69, 9.17) is 0 Å². The van der Waals surface area contributed by atoms with Crippen molar-refractivity contribution in [2.24, 2.45) is 5.92 Å². The first-order valence-corrected chi connectivity index (χ1v) is 8.43. The van der Waals surface area contributed by atoms with E-state index in [0.29, 0.717) is 12.8 Å². The molecule has 0 aliphatic heterocycles. The molecule has 0 aromatic carbocycles. The average molecular weight is 308 g/mol. The van der Waals surface area contributed by atoms with Crippen molar-refractivity contribution in [3.8, 4) is 0 Å². The van der Waals surface area contributed by atoms with Crippen LogP contribution in [-0.2, 0) is 0 Å². The monoisotopic (exact) mass is 308 g/mol. The Bertz CT molecular complexity index is 277. The molecule has 5 heteroatoms. The Balaban J connectivity index is 2.36. The highest BCUT2D eigenvalue weighted by atomic mass is 19.4. The van der Waals surface area contributed by atoms with Gasteiger partial charge in [0.05, 0.1) is 5.92 Å². The Labute approximate surface area is 127 Å². The van der Waals surface area contributed by atoms with E-state index in [0.717, 1.165) is 38.9 Å². The van der Waals surface area contributed by atoms with Gasteiger partial charge in [-0.25, -0.2) is 0 Å². The van der Waals surface area contributed by atoms with E-state index in [9.17, 15) is 13.2 Å². The molecule has 3 atom stereocenters. The van der Waals surface area contributed by atoms with Crippen LogP contribution in [0.15, 0.2) is 0 Å². The number of nitrogens with one attached hydrogen (secondary N) is 1. The zero-order valence-corrected chi connectivity index (χ0v) is 13.7. The lowest BCUT2D eigenvalue weighted by Crippen LogP contribution is -2.48. The average Bonchev–Trinajstić information content (AvgIpc) is 2.43. The molecule has 0 heterocycles. The van der Waals surface area contributed by atoms with Crippen LogP contribution in [0.3, 0.4) is 0 Å². The topological polar surface area (TPSA) is 15.3 Å². The van der Waals surface area contributed by atoms with E-state index in [-0.39, 0.29) is 18.5 Å². The molecule has 0 spiro atoms. The van der Waals surface area contributed by atoms with Gasteiger partial charge in [0, 0.05) is 12.1 Å². The van der Waals surface area contributed by atoms with E-state index in [1.807, 2.05) is 6.92 Å². The summed E-state index contributed by atoms with van der Waals surface area (Å²) < 4.78 is 39.1. The fourth-order valence-corrected chi connectivity index (χ4v) is 3.33. The van der Waals surface area contributed by atoms with Gasteiger partial charge >= 0.3 is 6.18 Å². The van der Waals surface area contributed by atoms with Crippen molar-refractivity contribution in [3.63, 3.8) is 0 Å². The van der Waals surface area contributed by atoms with Gasteiger partial charge in [-0.2, -0.15) is 13.2 Å². The highest BCUT2D eigenvalue weighted by molar-refractivity contribution is 4.87. The molecule has 1 fully saturated rings. The van der Waals surface area contributed by atoms with Crippen molar-refractivity contribution in [3.05, 3.63) is 0 Å². The molecule has 1 rings (SSSR count). The molecule has 0 aromatic rings. The minimum atomic E-state index is -4.06. The summed E-state index contributed by atoms with van der Waals surface area (Å²) >= 11 is 0. The number of rotatable bonds is 8. The summed E-state index contributed by atoms with van der Waals surface area (Å²) in [6.07, 6.45) is 0.489. The molecule has 3 unspecified atom stereocenters. The fraction of sp³-hybridized carbons (Fsp3) is 1.00. The Kier molecular flexibility index (Phi) is 8.03. The normalized spacial score (nSPS) is 25.3. The molecular weight excluding hydrogens is 277 g/mol. The minimum absolute atomic E-state index is 0.161. The summed E-state index contributed by atoms with van der Waals surface area (Å²) in [7, 11) is 0. The summed E-state index contributed by atoms with van der Waals surface area (Å²) in [5.74, 6) is -1.16.